The molecule has 0 radical (unpaired) electrons. The van der Waals surface area contributed by atoms with Gasteiger partial charge in [-0.2, -0.15) is 0 Å². The summed E-state index contributed by atoms with van der Waals surface area (Å²) in [5.41, 5.74) is 2.21. The maximum atomic E-state index is 13.5. The van der Waals surface area contributed by atoms with E-state index in [0.29, 0.717) is 6.54 Å². The van der Waals surface area contributed by atoms with Crippen molar-refractivity contribution in [1.29, 1.82) is 0 Å². The lowest BCUT2D eigenvalue weighted by molar-refractivity contribution is -0.134. The van der Waals surface area contributed by atoms with Gasteiger partial charge in [0.1, 0.15) is 6.54 Å². The Hall–Kier alpha value is -2.76. The number of hydrogen-bond donors (Lipinski definition) is 1. The summed E-state index contributed by atoms with van der Waals surface area (Å²) in [6.45, 7) is 5.46. The van der Waals surface area contributed by atoms with Crippen LogP contribution in [-0.4, -0.2) is 51.5 Å². The summed E-state index contributed by atoms with van der Waals surface area (Å²) in [5.74, 6) is -0.00574. The molecule has 0 saturated heterocycles. The Balaban J connectivity index is 1.51. The minimum absolute atomic E-state index is 0.00574. The average Bonchev–Trinajstić information content (AvgIpc) is 3.26. The molecule has 166 valence electrons. The van der Waals surface area contributed by atoms with Gasteiger partial charge in [0.05, 0.1) is 6.04 Å². The van der Waals surface area contributed by atoms with Crippen molar-refractivity contribution in [2.75, 3.05) is 13.1 Å². The summed E-state index contributed by atoms with van der Waals surface area (Å²) in [4.78, 5) is 30.2. The molecule has 6 nitrogen and oxygen atoms in total. The van der Waals surface area contributed by atoms with E-state index >= 15 is 0 Å². The molecule has 4 rings (SSSR count). The molecule has 3 amide bonds. The average molecular weight is 423 g/mol. The molecule has 2 aromatic rings. The molecule has 1 atom stereocenters. The number of carbonyl (C=O) groups excluding carboxylic acids is 2. The van der Waals surface area contributed by atoms with Gasteiger partial charge >= 0.3 is 6.03 Å². The van der Waals surface area contributed by atoms with Crippen LogP contribution in [0, 0.1) is 0 Å². The molecule has 1 N–H and O–H groups in total. The first-order valence-corrected chi connectivity index (χ1v) is 11.6. The van der Waals surface area contributed by atoms with Crippen molar-refractivity contribution in [3.05, 3.63) is 59.9 Å². The lowest BCUT2D eigenvalue weighted by Crippen LogP contribution is -2.53. The van der Waals surface area contributed by atoms with E-state index in [9.17, 15) is 9.59 Å². The van der Waals surface area contributed by atoms with Crippen LogP contribution in [0.5, 0.6) is 0 Å². The highest BCUT2D eigenvalue weighted by molar-refractivity contribution is 5.85. The monoisotopic (exact) mass is 422 g/mol. The predicted octanol–water partition coefficient (Wildman–Crippen LogP) is 4.17. The van der Waals surface area contributed by atoms with E-state index in [2.05, 4.69) is 34.3 Å². The van der Waals surface area contributed by atoms with Gasteiger partial charge in [-0.3, -0.25) is 4.79 Å². The van der Waals surface area contributed by atoms with Crippen LogP contribution in [0.15, 0.2) is 48.7 Å². The minimum Gasteiger partial charge on any atom is -0.348 e. The first-order chi connectivity index (χ1) is 15.0. The first kappa shape index (κ1) is 21.5. The van der Waals surface area contributed by atoms with Gasteiger partial charge in [-0.25, -0.2) is 4.79 Å². The number of nitrogens with one attached hydrogen (secondary N) is 1. The third-order valence-electron chi connectivity index (χ3n) is 6.60. The summed E-state index contributed by atoms with van der Waals surface area (Å²) in [6.07, 6.45) is 7.71. The topological polar surface area (TPSA) is 57.6 Å². The van der Waals surface area contributed by atoms with Gasteiger partial charge in [-0.1, -0.05) is 49.6 Å². The second-order valence-electron chi connectivity index (χ2n) is 9.03. The normalized spacial score (nSPS) is 19.2. The zero-order chi connectivity index (χ0) is 21.8. The summed E-state index contributed by atoms with van der Waals surface area (Å²) >= 11 is 0. The van der Waals surface area contributed by atoms with Gasteiger partial charge in [-0.15, -0.1) is 0 Å². The number of urea groups is 1. The second-order valence-corrected chi connectivity index (χ2v) is 9.03. The molecular weight excluding hydrogens is 388 g/mol. The minimum atomic E-state index is -0.132. The number of carbonyl (C=O) groups is 2. The molecule has 1 aromatic heterocycles. The molecule has 1 fully saturated rings. The maximum absolute atomic E-state index is 13.5. The Labute approximate surface area is 185 Å². The van der Waals surface area contributed by atoms with Crippen LogP contribution in [0.3, 0.4) is 0 Å². The van der Waals surface area contributed by atoms with Crippen LogP contribution in [-0.2, 0) is 11.3 Å². The van der Waals surface area contributed by atoms with Crippen molar-refractivity contribution in [2.45, 2.75) is 70.6 Å². The SMILES string of the molecule is CC(C)N(CC(=O)N1CCn2cccc2C1c1ccccc1)C(=O)NC1CCCCC1. The third kappa shape index (κ3) is 4.78. The number of benzene rings is 1. The van der Waals surface area contributed by atoms with Crippen molar-refractivity contribution in [3.8, 4) is 0 Å². The fraction of sp³-hybridized carbons (Fsp3) is 0.520. The quantitative estimate of drug-likeness (QED) is 0.786. The van der Waals surface area contributed by atoms with Crippen molar-refractivity contribution in [3.63, 3.8) is 0 Å². The molecule has 2 aliphatic rings. The highest BCUT2D eigenvalue weighted by atomic mass is 16.2. The van der Waals surface area contributed by atoms with Gasteiger partial charge < -0.3 is 19.7 Å². The molecular formula is C25H34N4O2. The number of amides is 3. The van der Waals surface area contributed by atoms with Crippen LogP contribution in [0.4, 0.5) is 4.79 Å². The Kier molecular flexibility index (Phi) is 6.64. The number of hydrogen-bond acceptors (Lipinski definition) is 2. The lowest BCUT2D eigenvalue weighted by atomic mass is 9.96. The molecule has 1 aromatic carbocycles. The van der Waals surface area contributed by atoms with Crippen LogP contribution in [0.25, 0.3) is 0 Å². The zero-order valence-corrected chi connectivity index (χ0v) is 18.7. The number of aromatic nitrogens is 1. The predicted molar refractivity (Wildman–Crippen MR) is 122 cm³/mol. The molecule has 31 heavy (non-hydrogen) atoms. The van der Waals surface area contributed by atoms with E-state index in [0.717, 1.165) is 43.5 Å². The van der Waals surface area contributed by atoms with Crippen LogP contribution < -0.4 is 5.32 Å². The van der Waals surface area contributed by atoms with Crippen molar-refractivity contribution >= 4 is 11.9 Å². The molecule has 1 aliphatic carbocycles. The summed E-state index contributed by atoms with van der Waals surface area (Å²) in [5, 5.41) is 3.18. The standard InChI is InChI=1S/C25H34N4O2/c1-19(2)29(25(31)26-21-12-7-4-8-13-21)18-23(30)28-17-16-27-15-9-14-22(27)24(28)20-10-5-3-6-11-20/h3,5-6,9-11,14-15,19,21,24H,4,7-8,12-13,16-18H2,1-2H3,(H,26,31). The van der Waals surface area contributed by atoms with E-state index in [1.165, 1.54) is 6.42 Å². The van der Waals surface area contributed by atoms with Crippen LogP contribution >= 0.6 is 0 Å². The van der Waals surface area contributed by atoms with E-state index in [1.54, 1.807) is 4.90 Å². The fourth-order valence-electron chi connectivity index (χ4n) is 4.87. The van der Waals surface area contributed by atoms with Gasteiger partial charge in [0.25, 0.3) is 0 Å². The van der Waals surface area contributed by atoms with Gasteiger partial charge in [0.15, 0.2) is 0 Å². The summed E-state index contributed by atoms with van der Waals surface area (Å²) in [6, 6.07) is 14.2. The Morgan fingerprint density at radius 2 is 1.77 bits per heavy atom. The molecule has 0 bridgehead atoms. The van der Waals surface area contributed by atoms with E-state index in [-0.39, 0.29) is 36.6 Å². The lowest BCUT2D eigenvalue weighted by Gasteiger charge is -2.39. The fourth-order valence-corrected chi connectivity index (χ4v) is 4.87. The Morgan fingerprint density at radius 3 is 2.48 bits per heavy atom. The molecule has 1 saturated carbocycles. The Bertz CT molecular complexity index is 886. The zero-order valence-electron chi connectivity index (χ0n) is 18.7. The smallest absolute Gasteiger partial charge is 0.318 e. The third-order valence-corrected chi connectivity index (χ3v) is 6.60. The number of rotatable bonds is 5. The van der Waals surface area contributed by atoms with Crippen molar-refractivity contribution < 1.29 is 9.59 Å². The second kappa shape index (κ2) is 9.58. The highest BCUT2D eigenvalue weighted by Crippen LogP contribution is 2.32. The molecule has 2 heterocycles. The van der Waals surface area contributed by atoms with Crippen LogP contribution in [0.2, 0.25) is 0 Å². The molecule has 6 heteroatoms. The van der Waals surface area contributed by atoms with Gasteiger partial charge in [0.2, 0.25) is 5.91 Å². The summed E-state index contributed by atoms with van der Waals surface area (Å²) < 4.78 is 2.22. The first-order valence-electron chi connectivity index (χ1n) is 11.6. The number of nitrogens with zero attached hydrogens (tertiary/aromatic N) is 3. The maximum Gasteiger partial charge on any atom is 0.318 e. The van der Waals surface area contributed by atoms with Crippen molar-refractivity contribution in [2.24, 2.45) is 0 Å². The highest BCUT2D eigenvalue weighted by Gasteiger charge is 2.34. The Morgan fingerprint density at radius 1 is 1.03 bits per heavy atom. The molecule has 1 aliphatic heterocycles. The number of fused-ring (bicyclic) bond motifs is 1. The van der Waals surface area contributed by atoms with Crippen molar-refractivity contribution in [1.82, 2.24) is 19.7 Å². The van der Waals surface area contributed by atoms with E-state index < -0.39 is 0 Å². The van der Waals surface area contributed by atoms with E-state index in [4.69, 9.17) is 0 Å². The van der Waals surface area contributed by atoms with Gasteiger partial charge in [-0.05, 0) is 44.4 Å². The molecule has 0 spiro atoms. The largest absolute Gasteiger partial charge is 0.348 e. The van der Waals surface area contributed by atoms with Gasteiger partial charge in [0, 0.05) is 37.1 Å². The van der Waals surface area contributed by atoms with E-state index in [1.807, 2.05) is 43.0 Å². The summed E-state index contributed by atoms with van der Waals surface area (Å²) in [7, 11) is 0. The molecule has 1 unspecified atom stereocenters. The van der Waals surface area contributed by atoms with Crippen LogP contribution in [0.1, 0.15) is 63.3 Å².